The molecule has 0 bridgehead atoms. The Morgan fingerprint density at radius 3 is 2.50 bits per heavy atom. The fourth-order valence-corrected chi connectivity index (χ4v) is 4.59. The summed E-state index contributed by atoms with van der Waals surface area (Å²) in [6.07, 6.45) is 2.57. The first-order valence-electron chi connectivity index (χ1n) is 9.94. The lowest BCUT2D eigenvalue weighted by Crippen LogP contribution is -2.58. The van der Waals surface area contributed by atoms with E-state index in [0.29, 0.717) is 38.9 Å². The predicted octanol–water partition coefficient (Wildman–Crippen LogP) is 0.465. The van der Waals surface area contributed by atoms with Gasteiger partial charge in [-0.3, -0.25) is 19.3 Å². The van der Waals surface area contributed by atoms with Crippen LogP contribution in [0.2, 0.25) is 0 Å². The van der Waals surface area contributed by atoms with E-state index in [0.717, 1.165) is 12.8 Å². The number of amides is 4. The molecule has 0 radical (unpaired) electrons. The maximum atomic E-state index is 13.4. The Labute approximate surface area is 165 Å². The summed E-state index contributed by atoms with van der Waals surface area (Å²) >= 11 is 0. The number of ether oxygens (including phenoxy) is 1. The maximum Gasteiger partial charge on any atom is 0.410 e. The van der Waals surface area contributed by atoms with E-state index < -0.39 is 29.2 Å². The third-order valence-corrected chi connectivity index (χ3v) is 5.75. The summed E-state index contributed by atoms with van der Waals surface area (Å²) < 4.78 is 5.45. The number of primary amides is 1. The smallest absolute Gasteiger partial charge is 0.410 e. The molecule has 0 aromatic heterocycles. The van der Waals surface area contributed by atoms with Crippen molar-refractivity contribution in [1.82, 2.24) is 14.7 Å². The minimum Gasteiger partial charge on any atom is -0.444 e. The van der Waals surface area contributed by atoms with E-state index in [1.165, 1.54) is 9.80 Å². The van der Waals surface area contributed by atoms with Gasteiger partial charge in [-0.25, -0.2) is 4.79 Å². The minimum atomic E-state index is -0.908. The normalized spacial score (nSPS) is 27.8. The molecule has 0 aliphatic carbocycles. The lowest BCUT2D eigenvalue weighted by molar-refractivity contribution is -0.149. The number of nitrogens with zero attached hydrogens (tertiary/aromatic N) is 3. The first-order chi connectivity index (χ1) is 13.0. The van der Waals surface area contributed by atoms with Crippen LogP contribution < -0.4 is 5.73 Å². The lowest BCUT2D eigenvalue weighted by atomic mass is 9.93. The van der Waals surface area contributed by atoms with Crippen molar-refractivity contribution >= 4 is 23.8 Å². The van der Waals surface area contributed by atoms with Crippen LogP contribution in [-0.4, -0.2) is 81.9 Å². The molecule has 2 N–H and O–H groups in total. The maximum absolute atomic E-state index is 13.4. The summed E-state index contributed by atoms with van der Waals surface area (Å²) in [5.74, 6) is -0.970. The standard InChI is InChI=1S/C19H30N4O5/c1-18(2,3)28-17(27)22-9-4-6-13(22)15(25)23-10-5-7-19(23)8-11-21(16(19)26)12-14(20)24/h13H,4-12H2,1-3H3,(H2,20,24)/t13-,19+/m0/s1. The number of carbonyl (C=O) groups excluding carboxylic acids is 4. The molecule has 3 aliphatic rings. The van der Waals surface area contributed by atoms with E-state index >= 15 is 0 Å². The molecule has 3 saturated heterocycles. The Morgan fingerprint density at radius 2 is 1.86 bits per heavy atom. The summed E-state index contributed by atoms with van der Waals surface area (Å²) in [4.78, 5) is 54.8. The number of hydrogen-bond acceptors (Lipinski definition) is 5. The van der Waals surface area contributed by atoms with Crippen LogP contribution in [0.15, 0.2) is 0 Å². The molecule has 9 nitrogen and oxygen atoms in total. The molecule has 4 amide bonds. The van der Waals surface area contributed by atoms with Gasteiger partial charge in [0.05, 0.1) is 6.54 Å². The van der Waals surface area contributed by atoms with Crippen molar-refractivity contribution in [3.63, 3.8) is 0 Å². The Balaban J connectivity index is 1.77. The van der Waals surface area contributed by atoms with Crippen LogP contribution in [0, 0.1) is 0 Å². The highest BCUT2D eigenvalue weighted by Gasteiger charge is 2.56. The molecule has 3 heterocycles. The van der Waals surface area contributed by atoms with Gasteiger partial charge < -0.3 is 20.3 Å². The molecule has 0 aromatic carbocycles. The largest absolute Gasteiger partial charge is 0.444 e. The molecular formula is C19H30N4O5. The van der Waals surface area contributed by atoms with E-state index in [4.69, 9.17) is 10.5 Å². The van der Waals surface area contributed by atoms with Gasteiger partial charge in [-0.2, -0.15) is 0 Å². The van der Waals surface area contributed by atoms with Gasteiger partial charge >= 0.3 is 6.09 Å². The van der Waals surface area contributed by atoms with Gasteiger partial charge in [-0.05, 0) is 52.9 Å². The van der Waals surface area contributed by atoms with Crippen LogP contribution >= 0.6 is 0 Å². The molecular weight excluding hydrogens is 364 g/mol. The van der Waals surface area contributed by atoms with Gasteiger partial charge in [0.2, 0.25) is 17.7 Å². The number of nitrogens with two attached hydrogens (primary N) is 1. The Kier molecular flexibility index (Phi) is 5.29. The SMILES string of the molecule is CC(C)(C)OC(=O)N1CCC[C@H]1C(=O)N1CCC[C@]12CCN(CC(N)=O)C2=O. The number of hydrogen-bond donors (Lipinski definition) is 1. The van der Waals surface area contributed by atoms with Crippen LogP contribution in [0.1, 0.15) is 52.9 Å². The highest BCUT2D eigenvalue weighted by atomic mass is 16.6. The molecule has 28 heavy (non-hydrogen) atoms. The van der Waals surface area contributed by atoms with Crippen molar-refractivity contribution < 1.29 is 23.9 Å². The molecule has 3 fully saturated rings. The highest BCUT2D eigenvalue weighted by Crippen LogP contribution is 2.40. The summed E-state index contributed by atoms with van der Waals surface area (Å²) in [5, 5.41) is 0. The van der Waals surface area contributed by atoms with Crippen molar-refractivity contribution in [2.24, 2.45) is 5.73 Å². The Bertz CT molecular complexity index is 688. The van der Waals surface area contributed by atoms with E-state index in [2.05, 4.69) is 0 Å². The van der Waals surface area contributed by atoms with Crippen molar-refractivity contribution in [1.29, 1.82) is 0 Å². The van der Waals surface area contributed by atoms with Gasteiger partial charge in [0.15, 0.2) is 0 Å². The van der Waals surface area contributed by atoms with Crippen LogP contribution in [-0.2, 0) is 19.1 Å². The molecule has 9 heteroatoms. The molecule has 2 atom stereocenters. The average molecular weight is 394 g/mol. The summed E-state index contributed by atoms with van der Waals surface area (Å²) in [6, 6.07) is -0.609. The zero-order valence-corrected chi connectivity index (χ0v) is 16.9. The Hall–Kier alpha value is -2.32. The third kappa shape index (κ3) is 3.66. The fourth-order valence-electron chi connectivity index (χ4n) is 4.59. The predicted molar refractivity (Wildman–Crippen MR) is 100 cm³/mol. The van der Waals surface area contributed by atoms with Crippen molar-refractivity contribution in [3.8, 4) is 0 Å². The van der Waals surface area contributed by atoms with Gasteiger partial charge in [-0.15, -0.1) is 0 Å². The van der Waals surface area contributed by atoms with Crippen LogP contribution in [0.25, 0.3) is 0 Å². The van der Waals surface area contributed by atoms with Gasteiger partial charge in [0.25, 0.3) is 0 Å². The van der Waals surface area contributed by atoms with E-state index in [-0.39, 0.29) is 18.4 Å². The average Bonchev–Trinajstić information content (AvgIpc) is 3.28. The lowest BCUT2D eigenvalue weighted by Gasteiger charge is -2.37. The van der Waals surface area contributed by atoms with Crippen LogP contribution in [0.4, 0.5) is 4.79 Å². The topological polar surface area (TPSA) is 113 Å². The van der Waals surface area contributed by atoms with Gasteiger partial charge in [-0.1, -0.05) is 0 Å². The summed E-state index contributed by atoms with van der Waals surface area (Å²) in [6.45, 7) is 6.59. The highest BCUT2D eigenvalue weighted by molar-refractivity contribution is 5.97. The van der Waals surface area contributed by atoms with Gasteiger partial charge in [0.1, 0.15) is 17.2 Å². The number of likely N-dealkylation sites (tertiary alicyclic amines) is 3. The quantitative estimate of drug-likeness (QED) is 0.747. The van der Waals surface area contributed by atoms with E-state index in [1.54, 1.807) is 25.7 Å². The van der Waals surface area contributed by atoms with Crippen molar-refractivity contribution in [3.05, 3.63) is 0 Å². The molecule has 156 valence electrons. The molecule has 0 aromatic rings. The van der Waals surface area contributed by atoms with E-state index in [1.807, 2.05) is 0 Å². The zero-order chi connectivity index (χ0) is 20.7. The second-order valence-corrected chi connectivity index (χ2v) is 8.90. The van der Waals surface area contributed by atoms with Crippen molar-refractivity contribution in [2.75, 3.05) is 26.2 Å². The molecule has 1 spiro atoms. The summed E-state index contributed by atoms with van der Waals surface area (Å²) in [7, 11) is 0. The third-order valence-electron chi connectivity index (χ3n) is 5.75. The minimum absolute atomic E-state index is 0.129. The molecule has 0 unspecified atom stereocenters. The van der Waals surface area contributed by atoms with Crippen molar-refractivity contribution in [2.45, 2.75) is 70.1 Å². The molecule has 3 rings (SSSR count). The second kappa shape index (κ2) is 7.25. The molecule has 0 saturated carbocycles. The van der Waals surface area contributed by atoms with Crippen LogP contribution in [0.5, 0.6) is 0 Å². The monoisotopic (exact) mass is 394 g/mol. The number of carbonyl (C=O) groups is 4. The Morgan fingerprint density at radius 1 is 1.14 bits per heavy atom. The molecule has 3 aliphatic heterocycles. The second-order valence-electron chi connectivity index (χ2n) is 8.90. The van der Waals surface area contributed by atoms with Gasteiger partial charge in [0, 0.05) is 19.6 Å². The van der Waals surface area contributed by atoms with Crippen LogP contribution in [0.3, 0.4) is 0 Å². The summed E-state index contributed by atoms with van der Waals surface area (Å²) in [5.41, 5.74) is 3.70. The number of rotatable bonds is 3. The zero-order valence-electron chi connectivity index (χ0n) is 16.9. The first kappa shape index (κ1) is 20.4. The van der Waals surface area contributed by atoms with E-state index in [9.17, 15) is 19.2 Å². The fraction of sp³-hybridized carbons (Fsp3) is 0.789. The first-order valence-corrected chi connectivity index (χ1v) is 9.94.